The van der Waals surface area contributed by atoms with E-state index in [0.29, 0.717) is 5.75 Å². The van der Waals surface area contributed by atoms with Crippen LogP contribution in [0.15, 0.2) is 4.52 Å². The van der Waals surface area contributed by atoms with E-state index in [2.05, 4.69) is 31.6 Å². The first kappa shape index (κ1) is 9.13. The van der Waals surface area contributed by atoms with E-state index in [9.17, 15) is 0 Å². The molecule has 13 heavy (non-hydrogen) atoms. The Hall–Kier alpha value is -0.440. The minimum Gasteiger partial charge on any atom is -0.360 e. The smallest absolute Gasteiger partial charge is 0.145 e. The standard InChI is InChI=1S/C10H15NOS/c1-10(2)5-3-4-7-8(6-13)11-12-9(7)10/h13H,3-6H2,1-2H3. The largest absolute Gasteiger partial charge is 0.360 e. The van der Waals surface area contributed by atoms with Crippen molar-refractivity contribution >= 4 is 12.6 Å². The van der Waals surface area contributed by atoms with Gasteiger partial charge in [-0.25, -0.2) is 0 Å². The number of thiol groups is 1. The lowest BCUT2D eigenvalue weighted by atomic mass is 9.77. The van der Waals surface area contributed by atoms with Gasteiger partial charge >= 0.3 is 0 Å². The second-order valence-electron chi connectivity index (χ2n) is 4.33. The molecule has 1 aliphatic rings. The van der Waals surface area contributed by atoms with Gasteiger partial charge in [-0.2, -0.15) is 12.6 Å². The van der Waals surface area contributed by atoms with Crippen LogP contribution >= 0.6 is 12.6 Å². The summed E-state index contributed by atoms with van der Waals surface area (Å²) in [6.45, 7) is 4.44. The summed E-state index contributed by atoms with van der Waals surface area (Å²) >= 11 is 4.24. The summed E-state index contributed by atoms with van der Waals surface area (Å²) in [5.41, 5.74) is 2.51. The average molecular weight is 197 g/mol. The molecule has 2 rings (SSSR count). The molecular formula is C10H15NOS. The highest BCUT2D eigenvalue weighted by atomic mass is 32.1. The van der Waals surface area contributed by atoms with E-state index in [-0.39, 0.29) is 5.41 Å². The van der Waals surface area contributed by atoms with E-state index in [1.807, 2.05) is 0 Å². The quantitative estimate of drug-likeness (QED) is 0.700. The Balaban J connectivity index is 2.48. The van der Waals surface area contributed by atoms with Gasteiger partial charge in [0, 0.05) is 16.7 Å². The lowest BCUT2D eigenvalue weighted by molar-refractivity contribution is 0.286. The van der Waals surface area contributed by atoms with Crippen LogP contribution in [0.5, 0.6) is 0 Å². The van der Waals surface area contributed by atoms with E-state index < -0.39 is 0 Å². The molecule has 0 saturated carbocycles. The Morgan fingerprint density at radius 3 is 3.00 bits per heavy atom. The number of fused-ring (bicyclic) bond motifs is 1. The molecule has 0 radical (unpaired) electrons. The molecule has 0 bridgehead atoms. The molecule has 2 nitrogen and oxygen atoms in total. The van der Waals surface area contributed by atoms with E-state index in [0.717, 1.165) is 17.9 Å². The van der Waals surface area contributed by atoms with Crippen LogP contribution in [-0.4, -0.2) is 5.16 Å². The Bertz CT molecular complexity index is 317. The lowest BCUT2D eigenvalue weighted by Crippen LogP contribution is -2.22. The molecule has 0 unspecified atom stereocenters. The molecule has 3 heteroatoms. The molecular weight excluding hydrogens is 182 g/mol. The van der Waals surface area contributed by atoms with Crippen LogP contribution in [-0.2, 0) is 17.6 Å². The van der Waals surface area contributed by atoms with Gasteiger partial charge in [0.1, 0.15) is 5.76 Å². The normalized spacial score (nSPS) is 19.9. The zero-order valence-corrected chi connectivity index (χ0v) is 9.03. The van der Waals surface area contributed by atoms with E-state index in [1.54, 1.807) is 0 Å². The number of nitrogens with zero attached hydrogens (tertiary/aromatic N) is 1. The first-order chi connectivity index (χ1) is 6.15. The number of hydrogen-bond donors (Lipinski definition) is 1. The van der Waals surface area contributed by atoms with Crippen molar-refractivity contribution in [1.29, 1.82) is 0 Å². The first-order valence-electron chi connectivity index (χ1n) is 4.74. The topological polar surface area (TPSA) is 26.0 Å². The van der Waals surface area contributed by atoms with Gasteiger partial charge in [0.25, 0.3) is 0 Å². The van der Waals surface area contributed by atoms with Crippen molar-refractivity contribution in [3.63, 3.8) is 0 Å². The van der Waals surface area contributed by atoms with Gasteiger partial charge in [0.05, 0.1) is 5.69 Å². The van der Waals surface area contributed by atoms with Gasteiger partial charge in [-0.05, 0) is 19.3 Å². The van der Waals surface area contributed by atoms with Gasteiger partial charge in [-0.3, -0.25) is 0 Å². The van der Waals surface area contributed by atoms with Gasteiger partial charge in [-0.15, -0.1) is 0 Å². The summed E-state index contributed by atoms with van der Waals surface area (Å²) in [5, 5.41) is 4.06. The Labute approximate surface area is 84.1 Å². The van der Waals surface area contributed by atoms with Crippen molar-refractivity contribution in [2.24, 2.45) is 0 Å². The number of rotatable bonds is 1. The molecule has 0 amide bonds. The summed E-state index contributed by atoms with van der Waals surface area (Å²) in [4.78, 5) is 0. The monoisotopic (exact) mass is 197 g/mol. The summed E-state index contributed by atoms with van der Waals surface area (Å²) in [5.74, 6) is 1.78. The molecule has 0 atom stereocenters. The summed E-state index contributed by atoms with van der Waals surface area (Å²) < 4.78 is 5.39. The molecule has 0 aliphatic heterocycles. The molecule has 0 saturated heterocycles. The van der Waals surface area contributed by atoms with Crippen molar-refractivity contribution < 1.29 is 4.52 Å². The lowest BCUT2D eigenvalue weighted by Gasteiger charge is -2.26. The van der Waals surface area contributed by atoms with Crippen LogP contribution in [0.3, 0.4) is 0 Å². The third-order valence-corrected chi connectivity index (χ3v) is 3.16. The zero-order valence-electron chi connectivity index (χ0n) is 8.13. The molecule has 72 valence electrons. The Morgan fingerprint density at radius 2 is 2.31 bits per heavy atom. The summed E-state index contributed by atoms with van der Waals surface area (Å²) in [6, 6.07) is 0. The van der Waals surface area contributed by atoms with E-state index in [1.165, 1.54) is 18.4 Å². The molecule has 1 heterocycles. The van der Waals surface area contributed by atoms with Crippen molar-refractivity contribution in [1.82, 2.24) is 5.16 Å². The minimum atomic E-state index is 0.168. The fraction of sp³-hybridized carbons (Fsp3) is 0.700. The third-order valence-electron chi connectivity index (χ3n) is 2.86. The second-order valence-corrected chi connectivity index (χ2v) is 4.65. The predicted molar refractivity (Wildman–Crippen MR) is 55.2 cm³/mol. The fourth-order valence-corrected chi connectivity index (χ4v) is 2.33. The van der Waals surface area contributed by atoms with Crippen LogP contribution in [0.4, 0.5) is 0 Å². The van der Waals surface area contributed by atoms with Crippen LogP contribution in [0.25, 0.3) is 0 Å². The highest BCUT2D eigenvalue weighted by molar-refractivity contribution is 7.79. The van der Waals surface area contributed by atoms with Crippen LogP contribution < -0.4 is 0 Å². The van der Waals surface area contributed by atoms with Crippen LogP contribution in [0.1, 0.15) is 43.7 Å². The van der Waals surface area contributed by atoms with Gasteiger partial charge in [0.2, 0.25) is 0 Å². The maximum absolute atomic E-state index is 5.39. The van der Waals surface area contributed by atoms with Crippen molar-refractivity contribution in [2.75, 3.05) is 0 Å². The fourth-order valence-electron chi connectivity index (χ4n) is 2.08. The highest BCUT2D eigenvalue weighted by Crippen LogP contribution is 2.38. The Morgan fingerprint density at radius 1 is 1.54 bits per heavy atom. The number of aromatic nitrogens is 1. The predicted octanol–water partition coefficient (Wildman–Crippen LogP) is 2.72. The Kier molecular flexibility index (Phi) is 2.14. The maximum Gasteiger partial charge on any atom is 0.145 e. The summed E-state index contributed by atoms with van der Waals surface area (Å²) in [7, 11) is 0. The van der Waals surface area contributed by atoms with E-state index >= 15 is 0 Å². The van der Waals surface area contributed by atoms with Crippen molar-refractivity contribution in [3.05, 3.63) is 17.0 Å². The highest BCUT2D eigenvalue weighted by Gasteiger charge is 2.33. The first-order valence-corrected chi connectivity index (χ1v) is 5.37. The molecule has 1 aromatic rings. The molecule has 1 aliphatic carbocycles. The van der Waals surface area contributed by atoms with Crippen molar-refractivity contribution in [3.8, 4) is 0 Å². The SMILES string of the molecule is CC1(C)CCCc2c(CS)noc21. The van der Waals surface area contributed by atoms with Crippen LogP contribution in [0.2, 0.25) is 0 Å². The zero-order chi connectivity index (χ0) is 9.47. The van der Waals surface area contributed by atoms with Gasteiger partial charge in [0.15, 0.2) is 0 Å². The van der Waals surface area contributed by atoms with Gasteiger partial charge in [-0.1, -0.05) is 19.0 Å². The molecule has 0 spiro atoms. The van der Waals surface area contributed by atoms with Gasteiger partial charge < -0.3 is 4.52 Å². The minimum absolute atomic E-state index is 0.168. The molecule has 0 aromatic carbocycles. The molecule has 1 aromatic heterocycles. The number of hydrogen-bond acceptors (Lipinski definition) is 3. The van der Waals surface area contributed by atoms with Crippen molar-refractivity contribution in [2.45, 2.75) is 44.3 Å². The molecule has 0 fully saturated rings. The van der Waals surface area contributed by atoms with E-state index in [4.69, 9.17) is 4.52 Å². The summed E-state index contributed by atoms with van der Waals surface area (Å²) in [6.07, 6.45) is 3.54. The molecule has 0 N–H and O–H groups in total. The second kappa shape index (κ2) is 3.05. The van der Waals surface area contributed by atoms with Crippen LogP contribution in [0, 0.1) is 0 Å². The third kappa shape index (κ3) is 1.39. The average Bonchev–Trinajstić information content (AvgIpc) is 2.48. The maximum atomic E-state index is 5.39.